The van der Waals surface area contributed by atoms with Gasteiger partial charge in [-0.2, -0.15) is 0 Å². The lowest BCUT2D eigenvalue weighted by molar-refractivity contribution is -0.124. The summed E-state index contributed by atoms with van der Waals surface area (Å²) in [6.07, 6.45) is 5.12. The summed E-state index contributed by atoms with van der Waals surface area (Å²) in [6.45, 7) is 0.583. The molecule has 0 heterocycles. The topological polar surface area (TPSA) is 52.3 Å². The first-order chi connectivity index (χ1) is 6.25. The number of hydrogen-bond donors (Lipinski definition) is 1. The Kier molecular flexibility index (Phi) is 4.39. The van der Waals surface area contributed by atoms with Crippen molar-refractivity contribution >= 4 is 5.78 Å². The lowest BCUT2D eigenvalue weighted by Gasteiger charge is -2.14. The monoisotopic (exact) mass is 185 g/mol. The average Bonchev–Trinajstić information content (AvgIpc) is 2.65. The molecule has 0 amide bonds. The second-order valence-corrected chi connectivity index (χ2v) is 3.77. The van der Waals surface area contributed by atoms with Gasteiger partial charge in [0.15, 0.2) is 5.78 Å². The molecule has 1 unspecified atom stereocenters. The van der Waals surface area contributed by atoms with Gasteiger partial charge < -0.3 is 10.5 Å². The predicted molar refractivity (Wildman–Crippen MR) is 51.4 cm³/mol. The number of ether oxygens (including phenoxy) is 1. The molecular weight excluding hydrogens is 166 g/mol. The Morgan fingerprint density at radius 1 is 1.54 bits per heavy atom. The zero-order chi connectivity index (χ0) is 9.68. The van der Waals surface area contributed by atoms with Crippen molar-refractivity contribution in [2.45, 2.75) is 38.1 Å². The highest BCUT2D eigenvalue weighted by Crippen LogP contribution is 2.26. The van der Waals surface area contributed by atoms with Crippen LogP contribution < -0.4 is 5.73 Å². The predicted octanol–water partition coefficient (Wildman–Crippen LogP) is 1.11. The van der Waals surface area contributed by atoms with Crippen LogP contribution in [0.2, 0.25) is 0 Å². The molecular formula is C10H19NO2. The van der Waals surface area contributed by atoms with Gasteiger partial charge in [-0.05, 0) is 19.3 Å². The molecule has 3 nitrogen and oxygen atoms in total. The first-order valence-corrected chi connectivity index (χ1v) is 5.04. The molecule has 1 aliphatic rings. The Bertz CT molecular complexity index is 164. The van der Waals surface area contributed by atoms with Gasteiger partial charge in [0.25, 0.3) is 0 Å². The van der Waals surface area contributed by atoms with E-state index in [4.69, 9.17) is 10.5 Å². The lowest BCUT2D eigenvalue weighted by Crippen LogP contribution is -2.35. The van der Waals surface area contributed by atoms with Gasteiger partial charge in [0.2, 0.25) is 0 Å². The Balaban J connectivity index is 2.28. The SMILES string of the molecule is COCCC(N)C(=O)C1CCCC1. The molecule has 0 bridgehead atoms. The Morgan fingerprint density at radius 2 is 2.15 bits per heavy atom. The largest absolute Gasteiger partial charge is 0.385 e. The lowest BCUT2D eigenvalue weighted by atomic mass is 9.95. The van der Waals surface area contributed by atoms with Crippen LogP contribution in [-0.2, 0) is 9.53 Å². The standard InChI is InChI=1S/C10H19NO2/c1-13-7-6-9(11)10(12)8-4-2-3-5-8/h8-9H,2-7,11H2,1H3. The van der Waals surface area contributed by atoms with E-state index in [1.54, 1.807) is 7.11 Å². The second kappa shape index (κ2) is 5.35. The number of Topliss-reactive ketones (excluding diaryl/α,β-unsaturated/α-hetero) is 1. The van der Waals surface area contributed by atoms with E-state index in [0.29, 0.717) is 13.0 Å². The highest BCUT2D eigenvalue weighted by atomic mass is 16.5. The molecule has 13 heavy (non-hydrogen) atoms. The van der Waals surface area contributed by atoms with Crippen molar-refractivity contribution in [3.8, 4) is 0 Å². The normalized spacial score (nSPS) is 20.5. The van der Waals surface area contributed by atoms with E-state index in [2.05, 4.69) is 0 Å². The zero-order valence-electron chi connectivity index (χ0n) is 8.29. The van der Waals surface area contributed by atoms with E-state index in [-0.39, 0.29) is 17.7 Å². The van der Waals surface area contributed by atoms with Crippen molar-refractivity contribution in [1.82, 2.24) is 0 Å². The van der Waals surface area contributed by atoms with Gasteiger partial charge in [0.1, 0.15) is 0 Å². The number of hydrogen-bond acceptors (Lipinski definition) is 3. The molecule has 1 aliphatic carbocycles. The van der Waals surface area contributed by atoms with Crippen LogP contribution in [-0.4, -0.2) is 25.5 Å². The minimum atomic E-state index is -0.303. The maximum Gasteiger partial charge on any atom is 0.152 e. The summed E-state index contributed by atoms with van der Waals surface area (Å²) in [7, 11) is 1.63. The molecule has 1 atom stereocenters. The first-order valence-electron chi connectivity index (χ1n) is 5.04. The number of nitrogens with two attached hydrogens (primary N) is 1. The van der Waals surface area contributed by atoms with Crippen molar-refractivity contribution in [3.05, 3.63) is 0 Å². The van der Waals surface area contributed by atoms with Gasteiger partial charge in [0.05, 0.1) is 6.04 Å². The summed E-state index contributed by atoms with van der Waals surface area (Å²) < 4.78 is 4.89. The highest BCUT2D eigenvalue weighted by molar-refractivity contribution is 5.86. The van der Waals surface area contributed by atoms with Crippen LogP contribution in [0.5, 0.6) is 0 Å². The summed E-state index contributed by atoms with van der Waals surface area (Å²) in [5.41, 5.74) is 5.75. The van der Waals surface area contributed by atoms with Gasteiger partial charge in [-0.1, -0.05) is 12.8 Å². The van der Waals surface area contributed by atoms with Crippen molar-refractivity contribution in [1.29, 1.82) is 0 Å². The van der Waals surface area contributed by atoms with Crippen LogP contribution in [0.25, 0.3) is 0 Å². The number of rotatable bonds is 5. The fraction of sp³-hybridized carbons (Fsp3) is 0.900. The van der Waals surface area contributed by atoms with E-state index in [0.717, 1.165) is 12.8 Å². The van der Waals surface area contributed by atoms with Crippen molar-refractivity contribution in [2.75, 3.05) is 13.7 Å². The Labute approximate surface area is 79.6 Å². The van der Waals surface area contributed by atoms with E-state index >= 15 is 0 Å². The second-order valence-electron chi connectivity index (χ2n) is 3.77. The van der Waals surface area contributed by atoms with Crippen LogP contribution in [0.1, 0.15) is 32.1 Å². The van der Waals surface area contributed by atoms with Gasteiger partial charge in [-0.3, -0.25) is 4.79 Å². The molecule has 0 aliphatic heterocycles. The van der Waals surface area contributed by atoms with Crippen LogP contribution in [0.15, 0.2) is 0 Å². The molecule has 0 radical (unpaired) electrons. The molecule has 2 N–H and O–H groups in total. The van der Waals surface area contributed by atoms with E-state index in [9.17, 15) is 4.79 Å². The maximum absolute atomic E-state index is 11.7. The van der Waals surface area contributed by atoms with E-state index < -0.39 is 0 Å². The quantitative estimate of drug-likeness (QED) is 0.698. The smallest absolute Gasteiger partial charge is 0.152 e. The molecule has 3 heteroatoms. The van der Waals surface area contributed by atoms with Crippen molar-refractivity contribution in [3.63, 3.8) is 0 Å². The van der Waals surface area contributed by atoms with Gasteiger partial charge in [0, 0.05) is 19.6 Å². The minimum absolute atomic E-state index is 0.242. The van der Waals surface area contributed by atoms with Gasteiger partial charge >= 0.3 is 0 Å². The van der Waals surface area contributed by atoms with Crippen LogP contribution in [0, 0.1) is 5.92 Å². The Hall–Kier alpha value is -0.410. The molecule has 0 aromatic heterocycles. The summed E-state index contributed by atoms with van der Waals surface area (Å²) in [6, 6.07) is -0.303. The van der Waals surface area contributed by atoms with Crippen LogP contribution in [0.4, 0.5) is 0 Å². The number of carbonyl (C=O) groups is 1. The third-order valence-corrected chi connectivity index (χ3v) is 2.76. The van der Waals surface area contributed by atoms with Crippen molar-refractivity contribution in [2.24, 2.45) is 11.7 Å². The van der Waals surface area contributed by atoms with E-state index in [1.807, 2.05) is 0 Å². The molecule has 0 aromatic carbocycles. The number of ketones is 1. The van der Waals surface area contributed by atoms with Gasteiger partial charge in [-0.25, -0.2) is 0 Å². The Morgan fingerprint density at radius 3 is 2.69 bits per heavy atom. The zero-order valence-corrected chi connectivity index (χ0v) is 8.29. The summed E-state index contributed by atoms with van der Waals surface area (Å²) >= 11 is 0. The fourth-order valence-corrected chi connectivity index (χ4v) is 1.90. The fourth-order valence-electron chi connectivity index (χ4n) is 1.90. The average molecular weight is 185 g/mol. The maximum atomic E-state index is 11.7. The third-order valence-electron chi connectivity index (χ3n) is 2.76. The van der Waals surface area contributed by atoms with Gasteiger partial charge in [-0.15, -0.1) is 0 Å². The molecule has 0 spiro atoms. The molecule has 76 valence electrons. The molecule has 0 saturated heterocycles. The molecule has 1 saturated carbocycles. The summed E-state index contributed by atoms with van der Waals surface area (Å²) in [5, 5.41) is 0. The summed E-state index contributed by atoms with van der Waals surface area (Å²) in [5.74, 6) is 0.487. The van der Waals surface area contributed by atoms with E-state index in [1.165, 1.54) is 12.8 Å². The molecule has 1 fully saturated rings. The molecule has 0 aromatic rings. The summed E-state index contributed by atoms with van der Waals surface area (Å²) in [4.78, 5) is 11.7. The first kappa shape index (κ1) is 10.7. The number of carbonyl (C=O) groups excluding carboxylic acids is 1. The number of methoxy groups -OCH3 is 1. The molecule has 1 rings (SSSR count). The van der Waals surface area contributed by atoms with Crippen molar-refractivity contribution < 1.29 is 9.53 Å². The van der Waals surface area contributed by atoms with Crippen LogP contribution in [0.3, 0.4) is 0 Å². The van der Waals surface area contributed by atoms with Crippen LogP contribution >= 0.6 is 0 Å². The third kappa shape index (κ3) is 3.08. The highest BCUT2D eigenvalue weighted by Gasteiger charge is 2.26. The minimum Gasteiger partial charge on any atom is -0.385 e.